The number of carbonyl (C=O) groups excluding carboxylic acids is 1. The van der Waals surface area contributed by atoms with E-state index in [1.165, 1.54) is 6.08 Å². The number of carbonyl (C=O) groups is 1. The Labute approximate surface area is 191 Å². The molecule has 6 heteroatoms. The van der Waals surface area contributed by atoms with Crippen molar-refractivity contribution in [2.24, 2.45) is 0 Å². The van der Waals surface area contributed by atoms with E-state index in [9.17, 15) is 10.1 Å². The van der Waals surface area contributed by atoms with Crippen LogP contribution in [0.25, 0.3) is 17.4 Å². The van der Waals surface area contributed by atoms with Gasteiger partial charge in [0.1, 0.15) is 11.5 Å². The molecular weight excluding hydrogens is 431 g/mol. The van der Waals surface area contributed by atoms with Gasteiger partial charge >= 0.3 is 0 Å². The molecule has 1 aliphatic carbocycles. The molecule has 0 spiro atoms. The van der Waals surface area contributed by atoms with Crippen molar-refractivity contribution in [2.75, 3.05) is 5.32 Å². The van der Waals surface area contributed by atoms with Gasteiger partial charge in [-0.15, -0.1) is 0 Å². The fraction of sp³-hybridized carbons (Fsp3) is 0.200. The van der Waals surface area contributed by atoms with Crippen molar-refractivity contribution in [2.45, 2.75) is 31.1 Å². The van der Waals surface area contributed by atoms with Crippen LogP contribution in [0, 0.1) is 11.3 Å². The van der Waals surface area contributed by atoms with Gasteiger partial charge in [-0.25, -0.2) is 0 Å². The Morgan fingerprint density at radius 1 is 1.06 bits per heavy atom. The molecule has 1 aromatic heterocycles. The molecule has 3 aromatic rings. The number of amides is 1. The molecule has 0 aliphatic heterocycles. The molecule has 1 fully saturated rings. The molecule has 0 radical (unpaired) electrons. The van der Waals surface area contributed by atoms with Crippen LogP contribution < -0.4 is 5.32 Å². The molecule has 1 aliphatic rings. The number of anilines is 1. The van der Waals surface area contributed by atoms with E-state index in [0.29, 0.717) is 32.8 Å². The second-order valence-electron chi connectivity index (χ2n) is 7.60. The lowest BCUT2D eigenvalue weighted by molar-refractivity contribution is -0.111. The summed E-state index contributed by atoms with van der Waals surface area (Å²) in [4.78, 5) is 12.3. The number of nitrogens with zero attached hydrogens (tertiary/aromatic N) is 1. The maximum atomic E-state index is 12.3. The van der Waals surface area contributed by atoms with Crippen molar-refractivity contribution in [3.63, 3.8) is 0 Å². The summed E-state index contributed by atoms with van der Waals surface area (Å²) in [6.07, 6.45) is 6.94. The highest BCUT2D eigenvalue weighted by molar-refractivity contribution is 6.43. The van der Waals surface area contributed by atoms with Gasteiger partial charge in [-0.1, -0.05) is 54.2 Å². The van der Waals surface area contributed by atoms with E-state index in [0.717, 1.165) is 31.2 Å². The highest BCUT2D eigenvalue weighted by Gasteiger charge is 2.35. The highest BCUT2D eigenvalue weighted by atomic mass is 35.5. The molecular formula is C25H20Cl2N2O2. The first-order chi connectivity index (χ1) is 15.0. The number of nitrogens with one attached hydrogen (secondary N) is 1. The summed E-state index contributed by atoms with van der Waals surface area (Å²) >= 11 is 12.3. The first-order valence-electron chi connectivity index (χ1n) is 10.1. The summed E-state index contributed by atoms with van der Waals surface area (Å²) in [5, 5.41) is 13.3. The summed E-state index contributed by atoms with van der Waals surface area (Å²) in [6, 6.07) is 18.9. The second-order valence-corrected chi connectivity index (χ2v) is 8.39. The average Bonchev–Trinajstić information content (AvgIpc) is 3.45. The second kappa shape index (κ2) is 9.01. The number of rotatable bonds is 5. The molecule has 4 nitrogen and oxygen atoms in total. The van der Waals surface area contributed by atoms with Crippen LogP contribution in [-0.4, -0.2) is 5.91 Å². The largest absolute Gasteiger partial charge is 0.457 e. The van der Waals surface area contributed by atoms with Crippen molar-refractivity contribution in [1.82, 2.24) is 0 Å². The molecule has 0 saturated heterocycles. The van der Waals surface area contributed by atoms with Crippen LogP contribution in [0.3, 0.4) is 0 Å². The minimum absolute atomic E-state index is 0.276. The third kappa shape index (κ3) is 4.54. The van der Waals surface area contributed by atoms with E-state index in [4.69, 9.17) is 27.6 Å². The minimum atomic E-state index is -0.384. The Kier molecular flexibility index (Phi) is 6.18. The first-order valence-corrected chi connectivity index (χ1v) is 10.8. The van der Waals surface area contributed by atoms with Gasteiger partial charge in [-0.2, -0.15) is 5.26 Å². The van der Waals surface area contributed by atoms with Gasteiger partial charge in [0.25, 0.3) is 0 Å². The van der Waals surface area contributed by atoms with Crippen LogP contribution in [0.1, 0.15) is 37.0 Å². The van der Waals surface area contributed by atoms with Crippen molar-refractivity contribution in [3.8, 4) is 17.4 Å². The van der Waals surface area contributed by atoms with Gasteiger partial charge in [0, 0.05) is 17.3 Å². The molecule has 0 bridgehead atoms. The summed E-state index contributed by atoms with van der Waals surface area (Å²) in [5.41, 5.74) is 2.00. The van der Waals surface area contributed by atoms with Gasteiger partial charge < -0.3 is 9.73 Å². The lowest BCUT2D eigenvalue weighted by Crippen LogP contribution is -2.19. The monoisotopic (exact) mass is 450 g/mol. The minimum Gasteiger partial charge on any atom is -0.457 e. The quantitative estimate of drug-likeness (QED) is 0.416. The number of nitriles is 1. The molecule has 0 unspecified atom stereocenters. The Morgan fingerprint density at radius 3 is 2.52 bits per heavy atom. The van der Waals surface area contributed by atoms with Crippen molar-refractivity contribution >= 4 is 40.9 Å². The number of hydrogen-bond acceptors (Lipinski definition) is 3. The lowest BCUT2D eigenvalue weighted by Gasteiger charge is -2.20. The number of furan rings is 1. The summed E-state index contributed by atoms with van der Waals surface area (Å²) < 4.78 is 5.76. The van der Waals surface area contributed by atoms with Crippen LogP contribution in [-0.2, 0) is 10.2 Å². The third-order valence-corrected chi connectivity index (χ3v) is 6.44. The number of hydrogen-bond donors (Lipinski definition) is 1. The molecule has 0 atom stereocenters. The van der Waals surface area contributed by atoms with E-state index < -0.39 is 0 Å². The Hall–Kier alpha value is -3.00. The topological polar surface area (TPSA) is 66.0 Å². The first kappa shape index (κ1) is 21.2. The van der Waals surface area contributed by atoms with Gasteiger partial charge in [0.15, 0.2) is 0 Å². The van der Waals surface area contributed by atoms with E-state index >= 15 is 0 Å². The summed E-state index contributed by atoms with van der Waals surface area (Å²) in [7, 11) is 0. The maximum Gasteiger partial charge on any atom is 0.248 e. The molecule has 156 valence electrons. The van der Waals surface area contributed by atoms with E-state index in [2.05, 4.69) is 11.4 Å². The molecule has 4 rings (SSSR count). The zero-order valence-electron chi connectivity index (χ0n) is 16.7. The zero-order chi connectivity index (χ0) is 21.8. The Balaban J connectivity index is 1.41. The van der Waals surface area contributed by atoms with Crippen LogP contribution >= 0.6 is 23.2 Å². The van der Waals surface area contributed by atoms with E-state index in [-0.39, 0.29) is 11.3 Å². The predicted molar refractivity (Wildman–Crippen MR) is 124 cm³/mol. The van der Waals surface area contributed by atoms with Crippen LogP contribution in [0.5, 0.6) is 0 Å². The van der Waals surface area contributed by atoms with Crippen molar-refractivity contribution < 1.29 is 9.21 Å². The van der Waals surface area contributed by atoms with Crippen LogP contribution in [0.15, 0.2) is 65.1 Å². The Bertz CT molecular complexity index is 1170. The molecule has 1 saturated carbocycles. The molecule has 1 heterocycles. The molecule has 2 aromatic carbocycles. The smallest absolute Gasteiger partial charge is 0.248 e. The van der Waals surface area contributed by atoms with Crippen LogP contribution in [0.4, 0.5) is 5.69 Å². The summed E-state index contributed by atoms with van der Waals surface area (Å²) in [6.45, 7) is 0. The van der Waals surface area contributed by atoms with E-state index in [1.807, 2.05) is 30.3 Å². The molecule has 1 N–H and O–H groups in total. The molecule has 31 heavy (non-hydrogen) atoms. The maximum absolute atomic E-state index is 12.3. The fourth-order valence-electron chi connectivity index (χ4n) is 3.94. The van der Waals surface area contributed by atoms with Crippen molar-refractivity contribution in [1.29, 1.82) is 5.26 Å². The van der Waals surface area contributed by atoms with Crippen LogP contribution in [0.2, 0.25) is 10.0 Å². The SMILES string of the molecule is N#CC1(c2ccc(NC(=O)/C=C/c3ccc(-c4cccc(Cl)c4Cl)o3)cc2)CCCC1. The molecule has 1 amide bonds. The fourth-order valence-corrected chi connectivity index (χ4v) is 4.33. The van der Waals surface area contributed by atoms with Gasteiger partial charge in [0.2, 0.25) is 5.91 Å². The van der Waals surface area contributed by atoms with Gasteiger partial charge in [-0.05, 0) is 60.9 Å². The van der Waals surface area contributed by atoms with Crippen molar-refractivity contribution in [3.05, 3.63) is 82.0 Å². The Morgan fingerprint density at radius 2 is 1.81 bits per heavy atom. The number of halogens is 2. The standard InChI is InChI=1S/C25H20Cl2N2O2/c26-21-5-3-4-20(24(21)27)22-12-10-19(31-22)11-13-23(30)29-18-8-6-17(7-9-18)25(16-28)14-1-2-15-25/h3-13H,1-2,14-15H2,(H,29,30)/b13-11+. The summed E-state index contributed by atoms with van der Waals surface area (Å²) in [5.74, 6) is 0.817. The average molecular weight is 451 g/mol. The lowest BCUT2D eigenvalue weighted by atomic mass is 9.80. The van der Waals surface area contributed by atoms with Gasteiger partial charge in [0.05, 0.1) is 21.5 Å². The zero-order valence-corrected chi connectivity index (χ0v) is 18.2. The predicted octanol–water partition coefficient (Wildman–Crippen LogP) is 7.24. The third-order valence-electron chi connectivity index (χ3n) is 5.62. The van der Waals surface area contributed by atoms with E-state index in [1.54, 1.807) is 30.3 Å². The number of benzene rings is 2. The van der Waals surface area contributed by atoms with Gasteiger partial charge in [-0.3, -0.25) is 4.79 Å². The highest BCUT2D eigenvalue weighted by Crippen LogP contribution is 2.40. The normalized spacial score (nSPS) is 15.1.